The summed E-state index contributed by atoms with van der Waals surface area (Å²) in [4.78, 5) is 0. The highest BCUT2D eigenvalue weighted by molar-refractivity contribution is 5.89. The number of phenols is 2. The molecule has 0 bridgehead atoms. The number of fused-ring (bicyclic) bond motifs is 1. The molecule has 0 amide bonds. The van der Waals surface area contributed by atoms with E-state index >= 15 is 0 Å². The number of benzene rings is 2. The molecule has 1 aromatic heterocycles. The van der Waals surface area contributed by atoms with Crippen molar-refractivity contribution in [3.8, 4) is 45.8 Å². The summed E-state index contributed by atoms with van der Waals surface area (Å²) in [5.74, 6) is -0.885. The van der Waals surface area contributed by atoms with Crippen LogP contribution in [-0.2, 0) is 4.74 Å². The highest BCUT2D eigenvalue weighted by Crippen LogP contribution is 2.45. The van der Waals surface area contributed by atoms with E-state index in [1.807, 2.05) is 0 Å². The van der Waals surface area contributed by atoms with Crippen LogP contribution in [0.15, 0.2) is 34.7 Å². The highest BCUT2D eigenvalue weighted by Gasteiger charge is 2.45. The molecule has 0 unspecified atom stereocenters. The molecular formula is C23H25O12+. The Morgan fingerprint density at radius 1 is 0.857 bits per heavy atom. The molecule has 5 atom stereocenters. The van der Waals surface area contributed by atoms with Crippen LogP contribution >= 0.6 is 0 Å². The second-order valence-corrected chi connectivity index (χ2v) is 7.86. The second kappa shape index (κ2) is 9.60. The molecule has 3 aromatic rings. The van der Waals surface area contributed by atoms with Gasteiger partial charge in [-0.1, -0.05) is 0 Å². The molecule has 0 aliphatic carbocycles. The largest absolute Gasteiger partial charge is 0.507 e. The highest BCUT2D eigenvalue weighted by atomic mass is 16.7. The van der Waals surface area contributed by atoms with Gasteiger partial charge in [-0.05, 0) is 0 Å². The third-order valence-electron chi connectivity index (χ3n) is 5.65. The van der Waals surface area contributed by atoms with Crippen molar-refractivity contribution in [2.45, 2.75) is 30.7 Å². The molecule has 12 nitrogen and oxygen atoms in total. The molecule has 7 N–H and O–H groups in total. The number of hydrogen-bond acceptors (Lipinski definition) is 11. The van der Waals surface area contributed by atoms with E-state index in [1.165, 1.54) is 44.6 Å². The van der Waals surface area contributed by atoms with E-state index in [1.54, 1.807) is 0 Å². The van der Waals surface area contributed by atoms with Crippen LogP contribution in [-0.4, -0.2) is 87.3 Å². The predicted octanol–water partition coefficient (Wildman–Crippen LogP) is 0.694. The van der Waals surface area contributed by atoms with E-state index in [4.69, 9.17) is 23.4 Å². The first-order chi connectivity index (χ1) is 16.7. The van der Waals surface area contributed by atoms with Crippen molar-refractivity contribution in [2.24, 2.45) is 0 Å². The lowest BCUT2D eigenvalue weighted by Gasteiger charge is -2.39. The summed E-state index contributed by atoms with van der Waals surface area (Å²) in [6.07, 6.45) is -7.66. The van der Waals surface area contributed by atoms with Crippen molar-refractivity contribution in [2.75, 3.05) is 20.8 Å². The Morgan fingerprint density at radius 2 is 1.51 bits per heavy atom. The summed E-state index contributed by atoms with van der Waals surface area (Å²) >= 11 is 0. The second-order valence-electron chi connectivity index (χ2n) is 7.86. The van der Waals surface area contributed by atoms with E-state index in [9.17, 15) is 35.7 Å². The summed E-state index contributed by atoms with van der Waals surface area (Å²) in [6.45, 7) is -0.648. The van der Waals surface area contributed by atoms with E-state index in [2.05, 4.69) is 0 Å². The predicted molar refractivity (Wildman–Crippen MR) is 119 cm³/mol. The molecule has 35 heavy (non-hydrogen) atoms. The maximum absolute atomic E-state index is 10.7. The lowest BCUT2D eigenvalue weighted by atomic mass is 9.99. The molecule has 1 aliphatic heterocycles. The summed E-state index contributed by atoms with van der Waals surface area (Å²) in [6, 6.07) is 6.53. The quantitative estimate of drug-likeness (QED) is 0.238. The number of methoxy groups -OCH3 is 2. The summed E-state index contributed by atoms with van der Waals surface area (Å²) in [7, 11) is 2.69. The molecule has 12 heteroatoms. The van der Waals surface area contributed by atoms with Crippen LogP contribution < -0.4 is 14.2 Å². The smallest absolute Gasteiger partial charge is 0.402 e. The van der Waals surface area contributed by atoms with Crippen LogP contribution in [0.3, 0.4) is 0 Å². The Hall–Kier alpha value is -3.55. The van der Waals surface area contributed by atoms with Gasteiger partial charge in [0.25, 0.3) is 0 Å². The van der Waals surface area contributed by atoms with Crippen LogP contribution in [0, 0.1) is 0 Å². The Kier molecular flexibility index (Phi) is 6.74. The zero-order valence-corrected chi connectivity index (χ0v) is 18.7. The van der Waals surface area contributed by atoms with Gasteiger partial charge in [0.15, 0.2) is 11.5 Å². The molecule has 1 saturated heterocycles. The Bertz CT molecular complexity index is 1200. The standard InChI is InChI=1S/C23H24O12/c1-31-15-3-9(4-16(32-2)18(15)27)22-12(26)7-11-13(33-22)5-10(25)6-14(11)34-23-21(30)20(29)19(28)17(8-24)35-23/h3-7,17,19-21,23-24,28-30H,8H2,1-2H3,(H2-,25,26,27)/p+1/t17-,19-,20+,21-,23-/m1/s1. The van der Waals surface area contributed by atoms with E-state index in [0.717, 1.165) is 0 Å². The topological polar surface area (TPSA) is 190 Å². The minimum Gasteiger partial charge on any atom is -0.507 e. The fourth-order valence-corrected chi connectivity index (χ4v) is 3.80. The lowest BCUT2D eigenvalue weighted by Crippen LogP contribution is -2.60. The summed E-state index contributed by atoms with van der Waals surface area (Å²) in [5, 5.41) is 70.9. The zero-order valence-electron chi connectivity index (χ0n) is 18.7. The van der Waals surface area contributed by atoms with Crippen molar-refractivity contribution >= 4 is 11.0 Å². The minimum atomic E-state index is -1.69. The van der Waals surface area contributed by atoms with Gasteiger partial charge in [-0.2, -0.15) is 0 Å². The zero-order chi connectivity index (χ0) is 25.4. The van der Waals surface area contributed by atoms with Gasteiger partial charge in [-0.25, -0.2) is 4.42 Å². The molecular weight excluding hydrogens is 468 g/mol. The van der Waals surface area contributed by atoms with Crippen molar-refractivity contribution in [3.63, 3.8) is 0 Å². The molecule has 1 aliphatic rings. The van der Waals surface area contributed by atoms with Gasteiger partial charge < -0.3 is 54.7 Å². The molecule has 0 saturated carbocycles. The van der Waals surface area contributed by atoms with E-state index in [0.29, 0.717) is 0 Å². The number of rotatable bonds is 6. The Labute approximate surface area is 198 Å². The maximum atomic E-state index is 10.7. The van der Waals surface area contributed by atoms with Crippen LogP contribution in [0.2, 0.25) is 0 Å². The van der Waals surface area contributed by atoms with Gasteiger partial charge in [0.05, 0.1) is 32.5 Å². The van der Waals surface area contributed by atoms with Crippen LogP contribution in [0.25, 0.3) is 22.3 Å². The molecule has 0 spiro atoms. The molecule has 4 rings (SSSR count). The molecule has 188 valence electrons. The molecule has 0 radical (unpaired) electrons. The Morgan fingerprint density at radius 3 is 2.11 bits per heavy atom. The number of phenolic OH excluding ortho intramolecular Hbond substituents is 2. The van der Waals surface area contributed by atoms with Gasteiger partial charge >= 0.3 is 11.3 Å². The first-order valence-corrected chi connectivity index (χ1v) is 10.4. The number of hydrogen-bond donors (Lipinski definition) is 7. The fourth-order valence-electron chi connectivity index (χ4n) is 3.80. The van der Waals surface area contributed by atoms with Gasteiger partial charge in [0, 0.05) is 24.3 Å². The summed E-state index contributed by atoms with van der Waals surface area (Å²) in [5.41, 5.74) is 0.346. The van der Waals surface area contributed by atoms with Gasteiger partial charge in [-0.15, -0.1) is 0 Å². The monoisotopic (exact) mass is 493 g/mol. The number of aliphatic hydroxyl groups excluding tert-OH is 4. The normalized spacial score (nSPS) is 24.3. The van der Waals surface area contributed by atoms with Crippen LogP contribution in [0.4, 0.5) is 0 Å². The van der Waals surface area contributed by atoms with E-state index < -0.39 is 37.3 Å². The van der Waals surface area contributed by atoms with Crippen molar-refractivity contribution < 1.29 is 59.1 Å². The lowest BCUT2D eigenvalue weighted by molar-refractivity contribution is -0.277. The first kappa shape index (κ1) is 24.6. The van der Waals surface area contributed by atoms with E-state index in [-0.39, 0.29) is 56.8 Å². The molecule has 2 aromatic carbocycles. The summed E-state index contributed by atoms with van der Waals surface area (Å²) < 4.78 is 27.1. The average Bonchev–Trinajstić information content (AvgIpc) is 2.84. The number of aromatic hydroxyl groups is 3. The first-order valence-electron chi connectivity index (χ1n) is 10.4. The fraction of sp³-hybridized carbons (Fsp3) is 0.348. The molecule has 2 heterocycles. The Balaban J connectivity index is 1.77. The minimum absolute atomic E-state index is 0.0431. The van der Waals surface area contributed by atoms with Gasteiger partial charge in [0.1, 0.15) is 41.3 Å². The van der Waals surface area contributed by atoms with Crippen molar-refractivity contribution in [1.29, 1.82) is 0 Å². The van der Waals surface area contributed by atoms with Gasteiger partial charge in [-0.3, -0.25) is 0 Å². The maximum Gasteiger partial charge on any atom is 0.402 e. The number of ether oxygens (including phenoxy) is 4. The third-order valence-corrected chi connectivity index (χ3v) is 5.65. The van der Waals surface area contributed by atoms with Crippen molar-refractivity contribution in [1.82, 2.24) is 0 Å². The number of aliphatic hydroxyl groups is 4. The SMILES string of the molecule is COc1cc(-c2[o+]c3cc(O)cc(O[C@@H]4O[C@H](CO)[C@@H](O)[C@H](O)[C@H]4O)c3cc2O)cc(OC)c1O. The van der Waals surface area contributed by atoms with Crippen molar-refractivity contribution in [3.05, 3.63) is 30.3 Å². The van der Waals surface area contributed by atoms with Crippen LogP contribution in [0.5, 0.6) is 34.5 Å². The van der Waals surface area contributed by atoms with Gasteiger partial charge in [0.2, 0.25) is 17.8 Å². The molecule has 1 fully saturated rings. The van der Waals surface area contributed by atoms with Crippen LogP contribution in [0.1, 0.15) is 0 Å². The third kappa shape index (κ3) is 4.45. The average molecular weight is 493 g/mol.